The first-order valence-corrected chi connectivity index (χ1v) is 9.70. The molecule has 1 N–H and O–H groups in total. The number of carbonyl (C=O) groups excluding carboxylic acids is 1. The van der Waals surface area contributed by atoms with E-state index >= 15 is 0 Å². The summed E-state index contributed by atoms with van der Waals surface area (Å²) in [5.41, 5.74) is 2.48. The zero-order chi connectivity index (χ0) is 18.5. The first kappa shape index (κ1) is 19.2. The summed E-state index contributed by atoms with van der Waals surface area (Å²) < 4.78 is 0. The fraction of sp³-hybridized carbons (Fsp3) is 0.400. The average Bonchev–Trinajstić information content (AvgIpc) is 2.65. The predicted octanol–water partition coefficient (Wildman–Crippen LogP) is 4.69. The van der Waals surface area contributed by atoms with E-state index in [0.717, 1.165) is 12.1 Å². The number of carbonyl (C=O) groups is 1. The topological polar surface area (TPSA) is 45.2 Å². The van der Waals surface area contributed by atoms with Crippen LogP contribution in [-0.2, 0) is 13.1 Å². The molecule has 1 unspecified atom stereocenters. The Bertz CT molecular complexity index is 764. The van der Waals surface area contributed by atoms with Crippen molar-refractivity contribution in [3.8, 4) is 0 Å². The Labute approximate surface area is 164 Å². The second kappa shape index (κ2) is 8.85. The molecule has 138 valence electrons. The predicted molar refractivity (Wildman–Crippen MR) is 106 cm³/mol. The van der Waals surface area contributed by atoms with Gasteiger partial charge in [-0.05, 0) is 49.6 Å². The lowest BCUT2D eigenvalue weighted by atomic mass is 10.0. The number of hydrogen-bond donors (Lipinski definition) is 1. The quantitative estimate of drug-likeness (QED) is 0.751. The van der Waals surface area contributed by atoms with Crippen LogP contribution in [0.25, 0.3) is 0 Å². The molecule has 1 atom stereocenters. The Balaban J connectivity index is 1.55. The molecule has 4 nitrogen and oxygen atoms in total. The van der Waals surface area contributed by atoms with E-state index in [9.17, 15) is 4.79 Å². The third-order valence-corrected chi connectivity index (χ3v) is 5.34. The molecule has 0 spiro atoms. The Morgan fingerprint density at radius 2 is 1.88 bits per heavy atom. The second-order valence-corrected chi connectivity index (χ2v) is 7.57. The van der Waals surface area contributed by atoms with E-state index in [0.29, 0.717) is 12.6 Å². The summed E-state index contributed by atoms with van der Waals surface area (Å²) in [6, 6.07) is 12.2. The van der Waals surface area contributed by atoms with Gasteiger partial charge in [-0.1, -0.05) is 53.9 Å². The first-order chi connectivity index (χ1) is 12.5. The summed E-state index contributed by atoms with van der Waals surface area (Å²) in [5.74, 6) is -0.330. The second-order valence-electron chi connectivity index (χ2n) is 6.78. The first-order valence-electron chi connectivity index (χ1n) is 8.95. The van der Waals surface area contributed by atoms with Gasteiger partial charge in [-0.15, -0.1) is 0 Å². The summed E-state index contributed by atoms with van der Waals surface area (Å²) in [5, 5.41) is 3.37. The van der Waals surface area contributed by atoms with E-state index in [1.54, 1.807) is 12.1 Å². The smallest absolute Gasteiger partial charge is 0.271 e. The Morgan fingerprint density at radius 3 is 2.62 bits per heavy atom. The minimum atomic E-state index is -0.330. The lowest BCUT2D eigenvalue weighted by Crippen LogP contribution is -2.36. The molecule has 1 aromatic carbocycles. The number of nitrogens with zero attached hydrogens (tertiary/aromatic N) is 2. The highest BCUT2D eigenvalue weighted by Gasteiger charge is 2.18. The molecule has 1 aliphatic rings. The molecule has 0 saturated carbocycles. The molecule has 1 amide bonds. The van der Waals surface area contributed by atoms with Crippen LogP contribution in [0.5, 0.6) is 0 Å². The fourth-order valence-electron chi connectivity index (χ4n) is 3.23. The van der Waals surface area contributed by atoms with Gasteiger partial charge in [-0.25, -0.2) is 4.98 Å². The van der Waals surface area contributed by atoms with E-state index in [1.165, 1.54) is 31.4 Å². The van der Waals surface area contributed by atoms with Crippen LogP contribution in [0.1, 0.15) is 47.8 Å². The van der Waals surface area contributed by atoms with Gasteiger partial charge in [0, 0.05) is 19.1 Å². The zero-order valence-corrected chi connectivity index (χ0v) is 16.4. The van der Waals surface area contributed by atoms with E-state index in [2.05, 4.69) is 46.4 Å². The van der Waals surface area contributed by atoms with Crippen molar-refractivity contribution in [1.29, 1.82) is 0 Å². The summed E-state index contributed by atoms with van der Waals surface area (Å²) >= 11 is 11.8. The van der Waals surface area contributed by atoms with Crippen LogP contribution in [0.15, 0.2) is 36.4 Å². The van der Waals surface area contributed by atoms with Crippen molar-refractivity contribution in [3.05, 3.63) is 63.4 Å². The number of hydrogen-bond acceptors (Lipinski definition) is 3. The molecule has 3 rings (SSSR count). The molecule has 2 aromatic rings. The van der Waals surface area contributed by atoms with E-state index in [4.69, 9.17) is 23.2 Å². The van der Waals surface area contributed by atoms with Crippen molar-refractivity contribution >= 4 is 29.1 Å². The Morgan fingerprint density at radius 1 is 1.15 bits per heavy atom. The molecular formula is C20H23Cl2N3O. The van der Waals surface area contributed by atoms with Crippen LogP contribution >= 0.6 is 23.2 Å². The Hall–Kier alpha value is -1.62. The molecule has 0 radical (unpaired) electrons. The van der Waals surface area contributed by atoms with Gasteiger partial charge in [0.25, 0.3) is 5.91 Å². The summed E-state index contributed by atoms with van der Waals surface area (Å²) in [7, 11) is 0. The standard InChI is InChI=1S/C20H23Cl2N3O/c1-14-4-2-3-11-25(14)13-16-7-5-15(6-8-16)12-23-20(26)19-17(21)9-10-18(22)24-19/h5-10,14H,2-4,11-13H2,1H3,(H,23,26). The van der Waals surface area contributed by atoms with Crippen molar-refractivity contribution in [2.75, 3.05) is 6.54 Å². The van der Waals surface area contributed by atoms with Crippen molar-refractivity contribution < 1.29 is 4.79 Å². The van der Waals surface area contributed by atoms with Crippen molar-refractivity contribution in [2.24, 2.45) is 0 Å². The van der Waals surface area contributed by atoms with Gasteiger partial charge in [-0.3, -0.25) is 9.69 Å². The monoisotopic (exact) mass is 391 g/mol. The van der Waals surface area contributed by atoms with E-state index < -0.39 is 0 Å². The van der Waals surface area contributed by atoms with E-state index in [-0.39, 0.29) is 21.8 Å². The number of aromatic nitrogens is 1. The summed E-state index contributed by atoms with van der Waals surface area (Å²) in [6.45, 7) is 4.88. The van der Waals surface area contributed by atoms with Crippen LogP contribution in [0.3, 0.4) is 0 Å². The SMILES string of the molecule is CC1CCCCN1Cc1ccc(CNC(=O)c2nc(Cl)ccc2Cl)cc1. The maximum Gasteiger partial charge on any atom is 0.271 e. The number of piperidine rings is 1. The minimum absolute atomic E-state index is 0.148. The summed E-state index contributed by atoms with van der Waals surface area (Å²) in [4.78, 5) is 18.8. The molecule has 1 fully saturated rings. The van der Waals surface area contributed by atoms with Gasteiger partial charge < -0.3 is 5.32 Å². The molecule has 0 bridgehead atoms. The lowest BCUT2D eigenvalue weighted by molar-refractivity contribution is 0.0946. The fourth-order valence-corrected chi connectivity index (χ4v) is 3.57. The van der Waals surface area contributed by atoms with Crippen LogP contribution in [0.4, 0.5) is 0 Å². The largest absolute Gasteiger partial charge is 0.347 e. The highest BCUT2D eigenvalue weighted by Crippen LogP contribution is 2.20. The third kappa shape index (κ3) is 4.97. The van der Waals surface area contributed by atoms with Crippen molar-refractivity contribution in [3.63, 3.8) is 0 Å². The van der Waals surface area contributed by atoms with Crippen LogP contribution in [-0.4, -0.2) is 28.4 Å². The molecule has 1 aliphatic heterocycles. The van der Waals surface area contributed by atoms with Crippen molar-refractivity contribution in [2.45, 2.75) is 45.3 Å². The molecular weight excluding hydrogens is 369 g/mol. The van der Waals surface area contributed by atoms with E-state index in [1.807, 2.05) is 0 Å². The molecule has 2 heterocycles. The summed E-state index contributed by atoms with van der Waals surface area (Å²) in [6.07, 6.45) is 3.90. The van der Waals surface area contributed by atoms with Gasteiger partial charge in [0.15, 0.2) is 0 Å². The minimum Gasteiger partial charge on any atom is -0.347 e. The molecule has 0 aliphatic carbocycles. The number of halogens is 2. The maximum atomic E-state index is 12.2. The number of amides is 1. The van der Waals surface area contributed by atoms with Gasteiger partial charge in [-0.2, -0.15) is 0 Å². The molecule has 1 saturated heterocycles. The maximum absolute atomic E-state index is 12.2. The lowest BCUT2D eigenvalue weighted by Gasteiger charge is -2.33. The molecule has 6 heteroatoms. The highest BCUT2D eigenvalue weighted by atomic mass is 35.5. The average molecular weight is 392 g/mol. The van der Waals surface area contributed by atoms with Crippen molar-refractivity contribution in [1.82, 2.24) is 15.2 Å². The zero-order valence-electron chi connectivity index (χ0n) is 14.8. The molecule has 1 aromatic heterocycles. The normalized spacial score (nSPS) is 17.9. The highest BCUT2D eigenvalue weighted by molar-refractivity contribution is 6.34. The third-order valence-electron chi connectivity index (χ3n) is 4.83. The Kier molecular flexibility index (Phi) is 6.52. The number of benzene rings is 1. The number of rotatable bonds is 5. The van der Waals surface area contributed by atoms with Crippen LogP contribution in [0, 0.1) is 0 Å². The van der Waals surface area contributed by atoms with Crippen LogP contribution in [0.2, 0.25) is 10.2 Å². The number of pyridine rings is 1. The van der Waals surface area contributed by atoms with Gasteiger partial charge in [0.05, 0.1) is 5.02 Å². The van der Waals surface area contributed by atoms with Gasteiger partial charge in [0.2, 0.25) is 0 Å². The van der Waals surface area contributed by atoms with Gasteiger partial charge in [0.1, 0.15) is 10.8 Å². The van der Waals surface area contributed by atoms with Crippen LogP contribution < -0.4 is 5.32 Å². The number of likely N-dealkylation sites (tertiary alicyclic amines) is 1. The number of nitrogens with one attached hydrogen (secondary N) is 1. The molecule has 26 heavy (non-hydrogen) atoms. The van der Waals surface area contributed by atoms with Gasteiger partial charge >= 0.3 is 0 Å².